The second-order valence-electron chi connectivity index (χ2n) is 4.46. The van der Waals surface area contributed by atoms with Crippen LogP contribution in [0.3, 0.4) is 0 Å². The summed E-state index contributed by atoms with van der Waals surface area (Å²) >= 11 is 0. The molecular weight excluding hydrogens is 202 g/mol. The van der Waals surface area contributed by atoms with Crippen LogP contribution in [0.1, 0.15) is 40.0 Å². The first-order valence-corrected chi connectivity index (χ1v) is 5.98. The molecule has 0 bridgehead atoms. The van der Waals surface area contributed by atoms with E-state index in [0.717, 1.165) is 26.1 Å². The maximum atomic E-state index is 10.9. The lowest BCUT2D eigenvalue weighted by atomic mass is 10.0. The zero-order chi connectivity index (χ0) is 12.0. The first kappa shape index (κ1) is 13.1. The minimum absolute atomic E-state index is 0.264. The van der Waals surface area contributed by atoms with Crippen molar-refractivity contribution in [2.24, 2.45) is 0 Å². The minimum Gasteiger partial charge on any atom is -0.446 e. The third kappa shape index (κ3) is 4.24. The largest absolute Gasteiger partial charge is 0.446 e. The van der Waals surface area contributed by atoms with Crippen LogP contribution in [0.5, 0.6) is 0 Å². The SMILES string of the molecule is CC[C@@](C)(C#CCN1CCCC1)OC(C)=O. The predicted octanol–water partition coefficient (Wildman–Crippen LogP) is 1.82. The van der Waals surface area contributed by atoms with Crippen LogP contribution in [0.25, 0.3) is 0 Å². The molecule has 3 nitrogen and oxygen atoms in total. The van der Waals surface area contributed by atoms with Crippen molar-refractivity contribution < 1.29 is 9.53 Å². The van der Waals surface area contributed by atoms with Crippen molar-refractivity contribution in [3.05, 3.63) is 0 Å². The summed E-state index contributed by atoms with van der Waals surface area (Å²) in [6.45, 7) is 8.35. The van der Waals surface area contributed by atoms with Gasteiger partial charge < -0.3 is 4.74 Å². The van der Waals surface area contributed by atoms with Crippen molar-refractivity contribution in [1.82, 2.24) is 4.90 Å². The summed E-state index contributed by atoms with van der Waals surface area (Å²) in [6, 6.07) is 0. The van der Waals surface area contributed by atoms with E-state index in [9.17, 15) is 4.79 Å². The summed E-state index contributed by atoms with van der Waals surface area (Å²) in [5.41, 5.74) is -0.619. The van der Waals surface area contributed by atoms with Crippen LogP contribution in [0.15, 0.2) is 0 Å². The molecule has 0 unspecified atom stereocenters. The third-order valence-corrected chi connectivity index (χ3v) is 2.90. The Labute approximate surface area is 98.1 Å². The third-order valence-electron chi connectivity index (χ3n) is 2.90. The number of carbonyl (C=O) groups is 1. The topological polar surface area (TPSA) is 29.5 Å². The van der Waals surface area contributed by atoms with Crippen LogP contribution in [0.4, 0.5) is 0 Å². The first-order valence-electron chi connectivity index (χ1n) is 5.98. The summed E-state index contributed by atoms with van der Waals surface area (Å²) in [5.74, 6) is 5.93. The van der Waals surface area contributed by atoms with Crippen LogP contribution in [-0.2, 0) is 9.53 Å². The summed E-state index contributed by atoms with van der Waals surface area (Å²) in [6.07, 6.45) is 3.27. The molecule has 1 fully saturated rings. The summed E-state index contributed by atoms with van der Waals surface area (Å²) in [4.78, 5) is 13.3. The van der Waals surface area contributed by atoms with Crippen molar-refractivity contribution in [3.8, 4) is 11.8 Å². The van der Waals surface area contributed by atoms with Crippen LogP contribution in [-0.4, -0.2) is 36.1 Å². The molecule has 16 heavy (non-hydrogen) atoms. The molecule has 0 N–H and O–H groups in total. The molecule has 1 aliphatic rings. The van der Waals surface area contributed by atoms with E-state index in [1.54, 1.807) is 0 Å². The molecule has 1 atom stereocenters. The molecule has 0 aliphatic carbocycles. The van der Waals surface area contributed by atoms with Crippen molar-refractivity contribution in [2.45, 2.75) is 45.6 Å². The smallest absolute Gasteiger partial charge is 0.304 e. The van der Waals surface area contributed by atoms with Gasteiger partial charge in [-0.2, -0.15) is 0 Å². The van der Waals surface area contributed by atoms with Crippen molar-refractivity contribution in [1.29, 1.82) is 0 Å². The molecule has 0 aromatic rings. The van der Waals surface area contributed by atoms with Crippen LogP contribution >= 0.6 is 0 Å². The lowest BCUT2D eigenvalue weighted by Gasteiger charge is -2.21. The van der Waals surface area contributed by atoms with Gasteiger partial charge in [-0.15, -0.1) is 0 Å². The van der Waals surface area contributed by atoms with E-state index in [-0.39, 0.29) is 5.97 Å². The van der Waals surface area contributed by atoms with Gasteiger partial charge in [0.2, 0.25) is 0 Å². The second kappa shape index (κ2) is 5.91. The molecule has 3 heteroatoms. The van der Waals surface area contributed by atoms with Gasteiger partial charge >= 0.3 is 5.97 Å². The molecule has 1 heterocycles. The first-order chi connectivity index (χ1) is 7.56. The molecule has 0 amide bonds. The van der Waals surface area contributed by atoms with E-state index in [4.69, 9.17) is 4.74 Å². The van der Waals surface area contributed by atoms with E-state index >= 15 is 0 Å². The number of carbonyl (C=O) groups excluding carboxylic acids is 1. The molecule has 0 saturated carbocycles. The Morgan fingerprint density at radius 3 is 2.56 bits per heavy atom. The van der Waals surface area contributed by atoms with Gasteiger partial charge in [-0.25, -0.2) is 0 Å². The van der Waals surface area contributed by atoms with Gasteiger partial charge in [0, 0.05) is 6.92 Å². The number of hydrogen-bond donors (Lipinski definition) is 0. The maximum Gasteiger partial charge on any atom is 0.304 e. The molecular formula is C13H21NO2. The van der Waals surface area contributed by atoms with Gasteiger partial charge in [-0.05, 0) is 39.3 Å². The average Bonchev–Trinajstić information content (AvgIpc) is 2.69. The number of likely N-dealkylation sites (tertiary alicyclic amines) is 1. The van der Waals surface area contributed by atoms with Gasteiger partial charge in [-0.3, -0.25) is 9.69 Å². The number of nitrogens with zero attached hydrogens (tertiary/aromatic N) is 1. The maximum absolute atomic E-state index is 10.9. The number of rotatable bonds is 3. The zero-order valence-corrected chi connectivity index (χ0v) is 10.5. The van der Waals surface area contributed by atoms with E-state index in [2.05, 4.69) is 16.7 Å². The average molecular weight is 223 g/mol. The number of ether oxygens (including phenoxy) is 1. The van der Waals surface area contributed by atoms with Gasteiger partial charge in [0.15, 0.2) is 5.60 Å². The quantitative estimate of drug-likeness (QED) is 0.540. The lowest BCUT2D eigenvalue weighted by Crippen LogP contribution is -2.28. The zero-order valence-electron chi connectivity index (χ0n) is 10.5. The fourth-order valence-corrected chi connectivity index (χ4v) is 1.78. The standard InChI is InChI=1S/C13H21NO2/c1-4-13(3,16-12(2)15)8-7-11-14-9-5-6-10-14/h4-6,9-11H2,1-3H3/t13-/m0/s1. The van der Waals surface area contributed by atoms with Crippen LogP contribution in [0.2, 0.25) is 0 Å². The molecule has 0 spiro atoms. The molecule has 0 radical (unpaired) electrons. The fourth-order valence-electron chi connectivity index (χ4n) is 1.78. The van der Waals surface area contributed by atoms with Gasteiger partial charge in [0.1, 0.15) is 0 Å². The highest BCUT2D eigenvalue weighted by atomic mass is 16.6. The Morgan fingerprint density at radius 2 is 2.06 bits per heavy atom. The van der Waals surface area contributed by atoms with E-state index in [0.29, 0.717) is 0 Å². The molecule has 1 saturated heterocycles. The van der Waals surface area contributed by atoms with E-state index in [1.165, 1.54) is 19.8 Å². The Hall–Kier alpha value is -1.01. The highest BCUT2D eigenvalue weighted by Gasteiger charge is 2.22. The molecule has 0 aromatic heterocycles. The minimum atomic E-state index is -0.619. The lowest BCUT2D eigenvalue weighted by molar-refractivity contribution is -0.150. The van der Waals surface area contributed by atoms with Crippen molar-refractivity contribution in [2.75, 3.05) is 19.6 Å². The Bertz CT molecular complexity index is 297. The van der Waals surface area contributed by atoms with E-state index < -0.39 is 5.60 Å². The summed E-state index contributed by atoms with van der Waals surface area (Å²) in [5, 5.41) is 0. The van der Waals surface area contributed by atoms with Gasteiger partial charge in [-0.1, -0.05) is 18.8 Å². The van der Waals surface area contributed by atoms with Gasteiger partial charge in [0.25, 0.3) is 0 Å². The Morgan fingerprint density at radius 1 is 1.44 bits per heavy atom. The number of hydrogen-bond acceptors (Lipinski definition) is 3. The summed E-state index contributed by atoms with van der Waals surface area (Å²) < 4.78 is 5.22. The van der Waals surface area contributed by atoms with Crippen LogP contribution < -0.4 is 0 Å². The fraction of sp³-hybridized carbons (Fsp3) is 0.769. The van der Waals surface area contributed by atoms with E-state index in [1.807, 2.05) is 13.8 Å². The monoisotopic (exact) mass is 223 g/mol. The molecule has 90 valence electrons. The molecule has 0 aromatic carbocycles. The Kier molecular flexibility index (Phi) is 4.82. The normalized spacial score (nSPS) is 19.7. The molecule has 1 aliphatic heterocycles. The number of esters is 1. The predicted molar refractivity (Wildman–Crippen MR) is 63.9 cm³/mol. The summed E-state index contributed by atoms with van der Waals surface area (Å²) in [7, 11) is 0. The molecule has 1 rings (SSSR count). The highest BCUT2D eigenvalue weighted by Crippen LogP contribution is 2.14. The highest BCUT2D eigenvalue weighted by molar-refractivity contribution is 5.67. The van der Waals surface area contributed by atoms with Crippen molar-refractivity contribution in [3.63, 3.8) is 0 Å². The second-order valence-corrected chi connectivity index (χ2v) is 4.46. The van der Waals surface area contributed by atoms with Crippen molar-refractivity contribution >= 4 is 5.97 Å². The Balaban J connectivity index is 2.47. The van der Waals surface area contributed by atoms with Crippen LogP contribution in [0, 0.1) is 11.8 Å². The van der Waals surface area contributed by atoms with Gasteiger partial charge in [0.05, 0.1) is 6.54 Å².